The molecule has 1 amide bonds. The molecule has 3 fully saturated rings. The summed E-state index contributed by atoms with van der Waals surface area (Å²) in [6.07, 6.45) is 13.3. The fraction of sp³-hybridized carbons (Fsp3) is 0.667. The zero-order chi connectivity index (χ0) is 22.0. The molecule has 2 aromatic rings. The number of amides is 1. The van der Waals surface area contributed by atoms with Gasteiger partial charge in [-0.25, -0.2) is 15.0 Å². The van der Waals surface area contributed by atoms with Crippen molar-refractivity contribution in [2.75, 3.05) is 25.0 Å². The SMILES string of the molecule is Cc1cnc(Nc2ccnc(CC3COC4(CCN(C(=O)C5CCCCC5)CC4)C3)n2)s1. The van der Waals surface area contributed by atoms with Gasteiger partial charge in [0.2, 0.25) is 5.91 Å². The molecule has 7 nitrogen and oxygen atoms in total. The van der Waals surface area contributed by atoms with E-state index in [2.05, 4.69) is 20.2 Å². The Balaban J connectivity index is 1.13. The van der Waals surface area contributed by atoms with Crippen LogP contribution in [0.2, 0.25) is 0 Å². The maximum absolute atomic E-state index is 12.9. The Kier molecular flexibility index (Phi) is 6.42. The number of aromatic nitrogens is 3. The van der Waals surface area contributed by atoms with Crippen LogP contribution in [-0.4, -0.2) is 51.1 Å². The average Bonchev–Trinajstić information content (AvgIpc) is 3.40. The second-order valence-corrected chi connectivity index (χ2v) is 10.9. The molecule has 1 N–H and O–H groups in total. The van der Waals surface area contributed by atoms with E-state index in [1.165, 1.54) is 24.1 Å². The summed E-state index contributed by atoms with van der Waals surface area (Å²) in [5, 5.41) is 4.13. The van der Waals surface area contributed by atoms with Gasteiger partial charge in [0.15, 0.2) is 5.13 Å². The lowest BCUT2D eigenvalue weighted by Gasteiger charge is -2.40. The zero-order valence-corrected chi connectivity index (χ0v) is 19.7. The predicted octanol–water partition coefficient (Wildman–Crippen LogP) is 4.51. The van der Waals surface area contributed by atoms with E-state index < -0.39 is 0 Å². The van der Waals surface area contributed by atoms with Crippen molar-refractivity contribution in [3.05, 3.63) is 29.2 Å². The van der Waals surface area contributed by atoms with Crippen molar-refractivity contribution in [1.29, 1.82) is 0 Å². The van der Waals surface area contributed by atoms with Crippen molar-refractivity contribution in [1.82, 2.24) is 19.9 Å². The number of carbonyl (C=O) groups is 1. The highest BCUT2D eigenvalue weighted by molar-refractivity contribution is 7.15. The van der Waals surface area contributed by atoms with E-state index in [0.717, 1.165) is 75.0 Å². The first-order valence-electron chi connectivity index (χ1n) is 12.0. The number of hydrogen-bond donors (Lipinski definition) is 1. The number of likely N-dealkylation sites (tertiary alicyclic amines) is 1. The van der Waals surface area contributed by atoms with Crippen molar-refractivity contribution >= 4 is 28.2 Å². The largest absolute Gasteiger partial charge is 0.375 e. The molecule has 172 valence electrons. The maximum atomic E-state index is 12.9. The number of nitrogens with zero attached hydrogens (tertiary/aromatic N) is 4. The van der Waals surface area contributed by atoms with Crippen LogP contribution in [0.25, 0.3) is 0 Å². The lowest BCUT2D eigenvalue weighted by Crippen LogP contribution is -2.48. The number of aryl methyl sites for hydroxylation is 1. The number of rotatable bonds is 5. The van der Waals surface area contributed by atoms with Crippen molar-refractivity contribution in [3.8, 4) is 0 Å². The third kappa shape index (κ3) is 4.96. The minimum Gasteiger partial charge on any atom is -0.375 e. The van der Waals surface area contributed by atoms with Gasteiger partial charge in [0, 0.05) is 42.7 Å². The van der Waals surface area contributed by atoms with Crippen LogP contribution >= 0.6 is 11.3 Å². The first kappa shape index (κ1) is 21.8. The lowest BCUT2D eigenvalue weighted by atomic mass is 9.83. The molecule has 0 bridgehead atoms. The van der Waals surface area contributed by atoms with Gasteiger partial charge in [0.05, 0.1) is 12.2 Å². The molecule has 0 aromatic carbocycles. The predicted molar refractivity (Wildman–Crippen MR) is 125 cm³/mol. The van der Waals surface area contributed by atoms with E-state index in [1.54, 1.807) is 11.3 Å². The van der Waals surface area contributed by atoms with E-state index in [0.29, 0.717) is 11.8 Å². The normalized spacial score (nSPS) is 23.5. The highest BCUT2D eigenvalue weighted by Crippen LogP contribution is 2.40. The van der Waals surface area contributed by atoms with Crippen LogP contribution < -0.4 is 5.32 Å². The van der Waals surface area contributed by atoms with Crippen molar-refractivity contribution in [2.45, 2.75) is 70.3 Å². The van der Waals surface area contributed by atoms with E-state index in [4.69, 9.17) is 9.72 Å². The van der Waals surface area contributed by atoms with Crippen LogP contribution in [0.15, 0.2) is 18.5 Å². The molecule has 0 radical (unpaired) electrons. The molecule has 32 heavy (non-hydrogen) atoms. The Morgan fingerprint density at radius 2 is 2.06 bits per heavy atom. The van der Waals surface area contributed by atoms with Crippen LogP contribution in [0.5, 0.6) is 0 Å². The highest BCUT2D eigenvalue weighted by Gasteiger charge is 2.44. The Morgan fingerprint density at radius 3 is 2.81 bits per heavy atom. The summed E-state index contributed by atoms with van der Waals surface area (Å²) in [5.41, 5.74) is -0.0672. The molecular formula is C24H33N5O2S. The first-order chi connectivity index (χ1) is 15.6. The quantitative estimate of drug-likeness (QED) is 0.715. The summed E-state index contributed by atoms with van der Waals surface area (Å²) in [4.78, 5) is 29.7. The smallest absolute Gasteiger partial charge is 0.225 e. The van der Waals surface area contributed by atoms with Gasteiger partial charge in [-0.15, -0.1) is 11.3 Å². The van der Waals surface area contributed by atoms with Gasteiger partial charge in [-0.05, 0) is 51.0 Å². The van der Waals surface area contributed by atoms with Crippen LogP contribution in [0.1, 0.15) is 62.1 Å². The topological polar surface area (TPSA) is 80.2 Å². The molecule has 1 saturated carbocycles. The molecule has 1 aliphatic carbocycles. The number of nitrogens with one attached hydrogen (secondary N) is 1. The second kappa shape index (κ2) is 9.43. The van der Waals surface area contributed by atoms with Gasteiger partial charge >= 0.3 is 0 Å². The fourth-order valence-electron chi connectivity index (χ4n) is 5.51. The molecule has 2 aromatic heterocycles. The highest BCUT2D eigenvalue weighted by atomic mass is 32.1. The molecule has 1 spiro atoms. The van der Waals surface area contributed by atoms with Gasteiger partial charge in [0.1, 0.15) is 11.6 Å². The van der Waals surface area contributed by atoms with Crippen molar-refractivity contribution in [3.63, 3.8) is 0 Å². The van der Waals surface area contributed by atoms with Crippen molar-refractivity contribution < 1.29 is 9.53 Å². The van der Waals surface area contributed by atoms with Gasteiger partial charge in [-0.1, -0.05) is 19.3 Å². The maximum Gasteiger partial charge on any atom is 0.225 e. The van der Waals surface area contributed by atoms with E-state index in [9.17, 15) is 4.79 Å². The van der Waals surface area contributed by atoms with Crippen LogP contribution in [0.4, 0.5) is 10.9 Å². The molecular weight excluding hydrogens is 422 g/mol. The summed E-state index contributed by atoms with van der Waals surface area (Å²) in [7, 11) is 0. The number of thiazole rings is 1. The summed E-state index contributed by atoms with van der Waals surface area (Å²) in [6.45, 7) is 4.47. The number of piperidine rings is 1. The second-order valence-electron chi connectivity index (χ2n) is 9.69. The average molecular weight is 456 g/mol. The third-order valence-corrected chi connectivity index (χ3v) is 8.09. The van der Waals surface area contributed by atoms with E-state index in [1.807, 2.05) is 25.4 Å². The Labute approximate surface area is 194 Å². The Morgan fingerprint density at radius 1 is 1.25 bits per heavy atom. The fourth-order valence-corrected chi connectivity index (χ4v) is 6.18. The summed E-state index contributed by atoms with van der Waals surface area (Å²) in [5.74, 6) is 2.71. The molecule has 3 aliphatic rings. The van der Waals surface area contributed by atoms with E-state index in [-0.39, 0.29) is 11.5 Å². The molecule has 1 atom stereocenters. The molecule has 1 unspecified atom stereocenters. The van der Waals surface area contributed by atoms with Crippen LogP contribution in [-0.2, 0) is 16.0 Å². The molecule has 8 heteroatoms. The molecule has 5 rings (SSSR count). The summed E-state index contributed by atoms with van der Waals surface area (Å²) < 4.78 is 6.35. The van der Waals surface area contributed by atoms with Crippen LogP contribution in [0, 0.1) is 18.8 Å². The molecule has 2 saturated heterocycles. The third-order valence-electron chi connectivity index (χ3n) is 7.26. The number of anilines is 2. The minimum absolute atomic E-state index is 0.0672. The number of carbonyl (C=O) groups excluding carboxylic acids is 1. The van der Waals surface area contributed by atoms with Crippen molar-refractivity contribution in [2.24, 2.45) is 11.8 Å². The Bertz CT molecular complexity index is 934. The molecule has 2 aliphatic heterocycles. The standard InChI is InChI=1S/C24H33N5O2S/c1-17-15-26-23(32-17)28-20-7-10-25-21(27-20)13-18-14-24(31-16-18)8-11-29(12-9-24)22(30)19-5-3-2-4-6-19/h7,10,15,18-19H,2-6,8-9,11-14,16H2,1H3,(H,25,26,27,28). The van der Waals surface area contributed by atoms with Gasteiger partial charge < -0.3 is 15.0 Å². The van der Waals surface area contributed by atoms with Gasteiger partial charge in [0.25, 0.3) is 0 Å². The summed E-state index contributed by atoms with van der Waals surface area (Å²) in [6, 6.07) is 1.88. The summed E-state index contributed by atoms with van der Waals surface area (Å²) >= 11 is 1.62. The van der Waals surface area contributed by atoms with E-state index >= 15 is 0 Å². The minimum atomic E-state index is -0.0672. The Hall–Kier alpha value is -2.06. The lowest BCUT2D eigenvalue weighted by molar-refractivity contribution is -0.141. The first-order valence-corrected chi connectivity index (χ1v) is 12.8. The van der Waals surface area contributed by atoms with Crippen LogP contribution in [0.3, 0.4) is 0 Å². The zero-order valence-electron chi connectivity index (χ0n) is 18.9. The number of ether oxygens (including phenoxy) is 1. The van der Waals surface area contributed by atoms with Gasteiger partial charge in [-0.2, -0.15) is 0 Å². The molecule has 4 heterocycles. The number of hydrogen-bond acceptors (Lipinski definition) is 7. The monoisotopic (exact) mass is 455 g/mol. The van der Waals surface area contributed by atoms with Gasteiger partial charge in [-0.3, -0.25) is 4.79 Å².